The molecule has 0 heterocycles. The quantitative estimate of drug-likeness (QED) is 0.369. The van der Waals surface area contributed by atoms with Gasteiger partial charge >= 0.3 is 0 Å². The first-order chi connectivity index (χ1) is 13.3. The summed E-state index contributed by atoms with van der Waals surface area (Å²) < 4.78 is 0. The monoisotopic (exact) mass is 386 g/mol. The highest BCUT2D eigenvalue weighted by atomic mass is 16.1. The van der Waals surface area contributed by atoms with E-state index in [0.29, 0.717) is 5.92 Å². The molecule has 0 unspecified atom stereocenters. The van der Waals surface area contributed by atoms with Gasteiger partial charge in [-0.15, -0.1) is 0 Å². The highest BCUT2D eigenvalue weighted by molar-refractivity contribution is 6.00. The molecule has 0 aliphatic heterocycles. The van der Waals surface area contributed by atoms with E-state index in [1.54, 1.807) is 0 Å². The molecule has 160 valence electrons. The zero-order chi connectivity index (χ0) is 21.7. The van der Waals surface area contributed by atoms with Crippen molar-refractivity contribution >= 4 is 11.4 Å². The maximum absolute atomic E-state index is 12.8. The van der Waals surface area contributed by atoms with Crippen LogP contribution in [-0.4, -0.2) is 5.78 Å². The number of allylic oxidation sites excluding steroid dienone is 2. The third kappa shape index (κ3) is 8.33. The van der Waals surface area contributed by atoms with Gasteiger partial charge in [-0.1, -0.05) is 99.8 Å². The molecule has 0 saturated heterocycles. The van der Waals surface area contributed by atoms with Crippen LogP contribution in [0.1, 0.15) is 111 Å². The zero-order valence-corrected chi connectivity index (χ0v) is 20.2. The average molecular weight is 387 g/mol. The molecule has 0 aliphatic carbocycles. The topological polar surface area (TPSA) is 17.1 Å². The molecule has 1 aromatic carbocycles. The molecule has 0 aromatic heterocycles. The van der Waals surface area contributed by atoms with Crippen molar-refractivity contribution in [2.45, 2.75) is 107 Å². The van der Waals surface area contributed by atoms with Gasteiger partial charge in [-0.2, -0.15) is 0 Å². The van der Waals surface area contributed by atoms with Gasteiger partial charge in [0.05, 0.1) is 0 Å². The molecule has 1 heteroatoms. The highest BCUT2D eigenvalue weighted by Gasteiger charge is 2.23. The van der Waals surface area contributed by atoms with Crippen LogP contribution in [0.3, 0.4) is 0 Å². The molecule has 0 aliphatic rings. The normalized spacial score (nSPS) is 12.0. The van der Waals surface area contributed by atoms with Crippen LogP contribution in [0, 0.1) is 11.3 Å². The zero-order valence-electron chi connectivity index (χ0n) is 20.2. The second-order valence-corrected chi connectivity index (χ2v) is 8.58. The molecule has 0 radical (unpaired) electrons. The van der Waals surface area contributed by atoms with Crippen molar-refractivity contribution in [2.24, 2.45) is 11.3 Å². The lowest BCUT2D eigenvalue weighted by molar-refractivity contribution is -0.121. The number of carbonyl (C=O) groups excluding carboxylic acids is 1. The van der Waals surface area contributed by atoms with Gasteiger partial charge in [0.15, 0.2) is 5.78 Å². The summed E-state index contributed by atoms with van der Waals surface area (Å²) in [6.45, 7) is 19.0. The second kappa shape index (κ2) is 13.7. The number of carbonyl (C=O) groups is 1. The molecule has 0 atom stereocenters. The lowest BCUT2D eigenvalue weighted by Crippen LogP contribution is -2.19. The van der Waals surface area contributed by atoms with Crippen molar-refractivity contribution in [1.82, 2.24) is 0 Å². The number of rotatable bonds is 10. The molecular weight excluding hydrogens is 340 g/mol. The van der Waals surface area contributed by atoms with Crippen molar-refractivity contribution in [3.8, 4) is 0 Å². The van der Waals surface area contributed by atoms with Gasteiger partial charge in [-0.3, -0.25) is 4.79 Å². The van der Waals surface area contributed by atoms with Gasteiger partial charge in [-0.25, -0.2) is 0 Å². The van der Waals surface area contributed by atoms with Crippen LogP contribution in [-0.2, 0) is 17.6 Å². The number of ketones is 1. The fraction of sp³-hybridized carbons (Fsp3) is 0.667. The summed E-state index contributed by atoms with van der Waals surface area (Å²) in [5, 5.41) is 0. The first-order valence-corrected chi connectivity index (χ1v) is 11.7. The van der Waals surface area contributed by atoms with E-state index in [4.69, 9.17) is 0 Å². The van der Waals surface area contributed by atoms with Crippen molar-refractivity contribution in [3.05, 3.63) is 41.0 Å². The number of aryl methyl sites for hydroxylation is 2. The van der Waals surface area contributed by atoms with E-state index in [0.717, 1.165) is 38.5 Å². The Morgan fingerprint density at radius 1 is 0.929 bits per heavy atom. The third-order valence-electron chi connectivity index (χ3n) is 5.18. The first-order valence-electron chi connectivity index (χ1n) is 11.7. The Morgan fingerprint density at radius 2 is 1.50 bits per heavy atom. The number of hydrogen-bond acceptors (Lipinski definition) is 1. The molecule has 28 heavy (non-hydrogen) atoms. The SMILES string of the molecule is CC.CCCc1ccc(/C(=C/C(=O)C(C)(C)C)C(CCC)CCC)cc1CC. The van der Waals surface area contributed by atoms with E-state index in [2.05, 4.69) is 45.9 Å². The minimum Gasteiger partial charge on any atom is -0.294 e. The Morgan fingerprint density at radius 3 is 1.93 bits per heavy atom. The molecule has 0 saturated carbocycles. The molecule has 0 amide bonds. The minimum atomic E-state index is -0.329. The first kappa shape index (κ1) is 26.6. The summed E-state index contributed by atoms with van der Waals surface area (Å²) >= 11 is 0. The number of hydrogen-bond donors (Lipinski definition) is 0. The lowest BCUT2D eigenvalue weighted by atomic mass is 9.81. The molecule has 0 N–H and O–H groups in total. The average Bonchev–Trinajstić information content (AvgIpc) is 2.67. The third-order valence-corrected chi connectivity index (χ3v) is 5.18. The predicted octanol–water partition coefficient (Wildman–Crippen LogP) is 8.44. The maximum atomic E-state index is 12.8. The highest BCUT2D eigenvalue weighted by Crippen LogP contribution is 2.33. The van der Waals surface area contributed by atoms with E-state index in [-0.39, 0.29) is 11.2 Å². The lowest BCUT2D eigenvalue weighted by Gasteiger charge is -2.23. The fourth-order valence-corrected chi connectivity index (χ4v) is 3.59. The van der Waals surface area contributed by atoms with Gasteiger partial charge in [-0.05, 0) is 59.9 Å². The Bertz CT molecular complexity index is 595. The van der Waals surface area contributed by atoms with Crippen LogP contribution in [0.4, 0.5) is 0 Å². The minimum absolute atomic E-state index is 0.236. The Kier molecular flexibility index (Phi) is 13.1. The molecule has 1 aromatic rings. The maximum Gasteiger partial charge on any atom is 0.161 e. The Balaban J connectivity index is 0.00000352. The van der Waals surface area contributed by atoms with E-state index < -0.39 is 0 Å². The Hall–Kier alpha value is -1.37. The van der Waals surface area contributed by atoms with Crippen molar-refractivity contribution < 1.29 is 4.79 Å². The van der Waals surface area contributed by atoms with E-state index in [1.807, 2.05) is 40.7 Å². The molecule has 0 spiro atoms. The van der Waals surface area contributed by atoms with E-state index >= 15 is 0 Å². The largest absolute Gasteiger partial charge is 0.294 e. The molecule has 0 bridgehead atoms. The Labute approximate surface area is 176 Å². The summed E-state index contributed by atoms with van der Waals surface area (Å²) in [6, 6.07) is 6.90. The molecule has 1 rings (SSSR count). The van der Waals surface area contributed by atoms with Gasteiger partial charge in [0.25, 0.3) is 0 Å². The van der Waals surface area contributed by atoms with E-state index in [9.17, 15) is 4.79 Å². The van der Waals surface area contributed by atoms with Crippen LogP contribution in [0.15, 0.2) is 24.3 Å². The second-order valence-electron chi connectivity index (χ2n) is 8.58. The summed E-state index contributed by atoms with van der Waals surface area (Å²) in [5.41, 5.74) is 5.08. The predicted molar refractivity (Wildman–Crippen MR) is 127 cm³/mol. The molecular formula is C27H46O. The van der Waals surface area contributed by atoms with Gasteiger partial charge < -0.3 is 0 Å². The van der Waals surface area contributed by atoms with Crippen LogP contribution >= 0.6 is 0 Å². The standard InChI is InChI=1S/C25H40O.C2H6/c1-8-12-20-15-16-22(17-19(20)11-4)23(18-24(26)25(5,6)7)21(13-9-2)14-10-3;1-2/h15-18,21H,8-14H2,1-7H3;1-2H3/b23-18+;. The summed E-state index contributed by atoms with van der Waals surface area (Å²) in [5.74, 6) is 0.707. The van der Waals surface area contributed by atoms with E-state index in [1.165, 1.54) is 28.7 Å². The summed E-state index contributed by atoms with van der Waals surface area (Å²) in [7, 11) is 0. The molecule has 0 fully saturated rings. The van der Waals surface area contributed by atoms with Crippen LogP contribution in [0.25, 0.3) is 5.57 Å². The van der Waals surface area contributed by atoms with Crippen LogP contribution < -0.4 is 0 Å². The van der Waals surface area contributed by atoms with Crippen LogP contribution in [0.5, 0.6) is 0 Å². The van der Waals surface area contributed by atoms with Crippen molar-refractivity contribution in [2.75, 3.05) is 0 Å². The van der Waals surface area contributed by atoms with Gasteiger partial charge in [0.1, 0.15) is 0 Å². The van der Waals surface area contributed by atoms with Crippen molar-refractivity contribution in [1.29, 1.82) is 0 Å². The fourth-order valence-electron chi connectivity index (χ4n) is 3.59. The van der Waals surface area contributed by atoms with Gasteiger partial charge in [0.2, 0.25) is 0 Å². The summed E-state index contributed by atoms with van der Waals surface area (Å²) in [4.78, 5) is 12.8. The number of benzene rings is 1. The van der Waals surface area contributed by atoms with Crippen molar-refractivity contribution in [3.63, 3.8) is 0 Å². The van der Waals surface area contributed by atoms with Gasteiger partial charge in [0, 0.05) is 5.41 Å². The smallest absolute Gasteiger partial charge is 0.161 e. The molecule has 1 nitrogen and oxygen atoms in total. The van der Waals surface area contributed by atoms with Crippen LogP contribution in [0.2, 0.25) is 0 Å². The summed E-state index contributed by atoms with van der Waals surface area (Å²) in [6.07, 6.45) is 9.92.